The maximum Gasteiger partial charge on any atom is 0.129 e. The molecule has 2 nitrogen and oxygen atoms in total. The van der Waals surface area contributed by atoms with Gasteiger partial charge < -0.3 is 5.32 Å². The summed E-state index contributed by atoms with van der Waals surface area (Å²) in [7, 11) is 0. The number of nitrogens with zero attached hydrogens (tertiary/aromatic N) is 1. The molecule has 0 saturated heterocycles. The van der Waals surface area contributed by atoms with Crippen LogP contribution in [0.25, 0.3) is 10.1 Å². The highest BCUT2D eigenvalue weighted by molar-refractivity contribution is 9.10. The molecule has 0 spiro atoms. The van der Waals surface area contributed by atoms with E-state index in [0.29, 0.717) is 18.5 Å². The normalized spacial score (nSPS) is 21.4. The van der Waals surface area contributed by atoms with Gasteiger partial charge in [0.1, 0.15) is 11.7 Å². The molecule has 144 valence electrons. The Kier molecular flexibility index (Phi) is 4.97. The number of hydrogen-bond donors (Lipinski definition) is 1. The largest absolute Gasteiger partial charge is 0.365 e. The number of hydrogen-bond acceptors (Lipinski definition) is 3. The van der Waals surface area contributed by atoms with Crippen molar-refractivity contribution in [2.75, 3.05) is 0 Å². The predicted molar refractivity (Wildman–Crippen MR) is 119 cm³/mol. The van der Waals surface area contributed by atoms with E-state index >= 15 is 0 Å². The fourth-order valence-electron chi connectivity index (χ4n) is 4.56. The van der Waals surface area contributed by atoms with Gasteiger partial charge in [-0.15, -0.1) is 11.3 Å². The highest BCUT2D eigenvalue weighted by Crippen LogP contribution is 2.31. The first-order valence-corrected chi connectivity index (χ1v) is 11.6. The van der Waals surface area contributed by atoms with E-state index in [1.54, 1.807) is 23.5 Å². The summed E-state index contributed by atoms with van der Waals surface area (Å²) in [6.45, 7) is 0. The second-order valence-corrected chi connectivity index (χ2v) is 9.58. The molecule has 2 aromatic carbocycles. The zero-order valence-electron chi connectivity index (χ0n) is 15.6. The summed E-state index contributed by atoms with van der Waals surface area (Å²) in [5.74, 6) is 0.760. The maximum atomic E-state index is 14.8. The second kappa shape index (κ2) is 7.60. The van der Waals surface area contributed by atoms with Crippen LogP contribution in [0.15, 0.2) is 51.2 Å². The fraction of sp³-hybridized carbons (Fsp3) is 0.348. The van der Waals surface area contributed by atoms with Crippen LogP contribution < -0.4 is 5.32 Å². The van der Waals surface area contributed by atoms with Crippen molar-refractivity contribution < 1.29 is 4.39 Å². The molecular weight excluding hydrogens is 435 g/mol. The molecule has 2 heterocycles. The van der Waals surface area contributed by atoms with Crippen LogP contribution in [0.1, 0.15) is 42.4 Å². The van der Waals surface area contributed by atoms with Crippen LogP contribution in [0.4, 0.5) is 4.39 Å². The lowest BCUT2D eigenvalue weighted by molar-refractivity contribution is 0.385. The summed E-state index contributed by atoms with van der Waals surface area (Å²) in [4.78, 5) is 4.93. The molecule has 1 aromatic heterocycles. The van der Waals surface area contributed by atoms with Crippen LogP contribution in [-0.2, 0) is 12.8 Å². The van der Waals surface area contributed by atoms with E-state index in [-0.39, 0.29) is 5.82 Å². The van der Waals surface area contributed by atoms with E-state index in [1.165, 1.54) is 28.5 Å². The molecule has 1 aliphatic carbocycles. The Morgan fingerprint density at radius 3 is 2.93 bits per heavy atom. The number of halogens is 2. The van der Waals surface area contributed by atoms with Crippen LogP contribution in [0.5, 0.6) is 0 Å². The smallest absolute Gasteiger partial charge is 0.129 e. The average molecular weight is 457 g/mol. The molecule has 1 fully saturated rings. The van der Waals surface area contributed by atoms with E-state index in [2.05, 4.69) is 44.8 Å². The molecule has 5 heteroatoms. The average Bonchev–Trinajstić information content (AvgIpc) is 3.33. The predicted octanol–water partition coefficient (Wildman–Crippen LogP) is 6.25. The van der Waals surface area contributed by atoms with Gasteiger partial charge in [0.05, 0.1) is 6.04 Å². The monoisotopic (exact) mass is 456 g/mol. The van der Waals surface area contributed by atoms with Crippen molar-refractivity contribution in [3.8, 4) is 0 Å². The maximum absolute atomic E-state index is 14.8. The topological polar surface area (TPSA) is 24.4 Å². The third kappa shape index (κ3) is 3.39. The van der Waals surface area contributed by atoms with Gasteiger partial charge in [-0.3, -0.25) is 4.99 Å². The highest BCUT2D eigenvalue weighted by Gasteiger charge is 2.32. The van der Waals surface area contributed by atoms with Crippen molar-refractivity contribution in [3.05, 3.63) is 68.8 Å². The molecule has 1 aliphatic heterocycles. The summed E-state index contributed by atoms with van der Waals surface area (Å²) in [5, 5.41) is 6.95. The van der Waals surface area contributed by atoms with E-state index in [0.717, 1.165) is 40.7 Å². The third-order valence-corrected chi connectivity index (χ3v) is 7.42. The Balaban J connectivity index is 1.45. The summed E-state index contributed by atoms with van der Waals surface area (Å²) in [5.41, 5.74) is 2.98. The molecule has 3 aromatic rings. The van der Waals surface area contributed by atoms with Gasteiger partial charge in [0, 0.05) is 20.8 Å². The first kappa shape index (κ1) is 18.3. The van der Waals surface area contributed by atoms with E-state index in [4.69, 9.17) is 4.99 Å². The van der Waals surface area contributed by atoms with Crippen molar-refractivity contribution in [1.82, 2.24) is 5.32 Å². The lowest BCUT2D eigenvalue weighted by atomic mass is 9.92. The van der Waals surface area contributed by atoms with E-state index in [9.17, 15) is 4.39 Å². The number of thiophene rings is 1. The Morgan fingerprint density at radius 1 is 1.14 bits per heavy atom. The lowest BCUT2D eigenvalue weighted by Gasteiger charge is -2.23. The number of nitrogens with one attached hydrogen (secondary N) is 1. The Morgan fingerprint density at radius 2 is 2.04 bits per heavy atom. The minimum Gasteiger partial charge on any atom is -0.365 e. The van der Waals surface area contributed by atoms with Crippen LogP contribution in [0, 0.1) is 5.82 Å². The van der Waals surface area contributed by atoms with Crippen LogP contribution in [-0.4, -0.2) is 17.9 Å². The SMILES string of the molecule is Fc1cccc(C2=N[C@H]3CCCC[C@@H]3N2)c1CCc1cc(Br)cc2ccsc12. The third-order valence-electron chi connectivity index (χ3n) is 5.96. The summed E-state index contributed by atoms with van der Waals surface area (Å²) in [6, 6.07) is 12.6. The Labute approximate surface area is 177 Å². The molecular formula is C23H22BrFN2S. The number of fused-ring (bicyclic) bond motifs is 2. The number of aryl methyl sites for hydroxylation is 1. The zero-order valence-corrected chi connectivity index (χ0v) is 18.0. The van der Waals surface area contributed by atoms with E-state index < -0.39 is 0 Å². The molecule has 2 atom stereocenters. The van der Waals surface area contributed by atoms with Crippen LogP contribution in [0.3, 0.4) is 0 Å². The van der Waals surface area contributed by atoms with Crippen LogP contribution >= 0.6 is 27.3 Å². The molecule has 5 rings (SSSR count). The van der Waals surface area contributed by atoms with Crippen molar-refractivity contribution in [2.24, 2.45) is 4.99 Å². The summed E-state index contributed by atoms with van der Waals surface area (Å²) >= 11 is 5.37. The van der Waals surface area contributed by atoms with Crippen molar-refractivity contribution in [3.63, 3.8) is 0 Å². The van der Waals surface area contributed by atoms with Gasteiger partial charge in [-0.05, 0) is 71.8 Å². The summed E-state index contributed by atoms with van der Waals surface area (Å²) < 4.78 is 17.2. The first-order valence-electron chi connectivity index (χ1n) is 9.97. The Hall–Kier alpha value is -1.72. The molecule has 0 amide bonds. The van der Waals surface area contributed by atoms with Crippen LogP contribution in [0.2, 0.25) is 0 Å². The molecule has 0 radical (unpaired) electrons. The standard InChI is InChI=1S/C23H22BrFN2S/c24-16-12-14(22-15(13-16)10-11-28-22)8-9-17-18(4-3-5-19(17)25)23-26-20-6-1-2-7-21(20)27-23/h3-5,10-13,20-21H,1-2,6-9H2,(H,26,27)/t20-,21-/m0/s1. The van der Waals surface area contributed by atoms with Gasteiger partial charge in [0.2, 0.25) is 0 Å². The number of aliphatic imine (C=N–C) groups is 1. The van der Waals surface area contributed by atoms with Gasteiger partial charge in [-0.2, -0.15) is 0 Å². The van der Waals surface area contributed by atoms with E-state index in [1.807, 2.05) is 6.07 Å². The zero-order chi connectivity index (χ0) is 19.1. The summed E-state index contributed by atoms with van der Waals surface area (Å²) in [6.07, 6.45) is 6.28. The number of amidine groups is 1. The number of rotatable bonds is 4. The molecule has 1 N–H and O–H groups in total. The molecule has 0 unspecified atom stereocenters. The van der Waals surface area contributed by atoms with Gasteiger partial charge in [-0.25, -0.2) is 4.39 Å². The number of benzene rings is 2. The van der Waals surface area contributed by atoms with Crippen molar-refractivity contribution >= 4 is 43.2 Å². The molecule has 2 aliphatic rings. The van der Waals surface area contributed by atoms with Crippen molar-refractivity contribution in [2.45, 2.75) is 50.6 Å². The minimum atomic E-state index is -0.130. The highest BCUT2D eigenvalue weighted by atomic mass is 79.9. The molecule has 1 saturated carbocycles. The second-order valence-electron chi connectivity index (χ2n) is 7.75. The Bertz CT molecular complexity index is 1060. The lowest BCUT2D eigenvalue weighted by Crippen LogP contribution is -2.37. The van der Waals surface area contributed by atoms with Gasteiger partial charge in [0.25, 0.3) is 0 Å². The minimum absolute atomic E-state index is 0.130. The van der Waals surface area contributed by atoms with Gasteiger partial charge >= 0.3 is 0 Å². The van der Waals surface area contributed by atoms with Gasteiger partial charge in [0.15, 0.2) is 0 Å². The molecule has 28 heavy (non-hydrogen) atoms. The quantitative estimate of drug-likeness (QED) is 0.492. The first-order chi connectivity index (χ1) is 13.7. The fourth-order valence-corrected chi connectivity index (χ4v) is 6.01. The van der Waals surface area contributed by atoms with Gasteiger partial charge in [-0.1, -0.05) is 40.9 Å². The molecule has 0 bridgehead atoms. The van der Waals surface area contributed by atoms with Crippen molar-refractivity contribution in [1.29, 1.82) is 0 Å².